The van der Waals surface area contributed by atoms with Gasteiger partial charge in [0.2, 0.25) is 5.91 Å². The summed E-state index contributed by atoms with van der Waals surface area (Å²) in [7, 11) is 0. The minimum absolute atomic E-state index is 0.0860. The lowest BCUT2D eigenvalue weighted by Gasteiger charge is -2.62. The van der Waals surface area contributed by atoms with Crippen molar-refractivity contribution in [2.45, 2.75) is 97.2 Å². The zero-order valence-electron chi connectivity index (χ0n) is 25.3. The summed E-state index contributed by atoms with van der Waals surface area (Å²) in [4.78, 5) is 25.0. The maximum atomic E-state index is 12.7. The van der Waals surface area contributed by atoms with E-state index < -0.39 is 6.09 Å². The van der Waals surface area contributed by atoms with Crippen LogP contribution in [0.3, 0.4) is 0 Å². The standard InChI is InChI=1S/C34H48Cl2N2O4/c1-5-14-37-31(40)11-6-20(2)27-9-10-28-26-8-7-21-15-25(42-32(41)38-24-17-22(35)16-23(36)18-24)12-13-33(21,3)29(26)19-30(39)34(27,28)4/h5,16-18,20-21,25-30,39H,1,6-15,19H2,2-4H3,(H,37,40)(H,38,41)/t20-,21-,25-,26+,27-,28+,29+,30+,33+,34-/m1/s1. The summed E-state index contributed by atoms with van der Waals surface area (Å²) < 4.78 is 5.89. The third-order valence-electron chi connectivity index (χ3n) is 12.1. The van der Waals surface area contributed by atoms with Gasteiger partial charge in [-0.05, 0) is 122 Å². The van der Waals surface area contributed by atoms with Crippen molar-refractivity contribution in [1.82, 2.24) is 5.32 Å². The van der Waals surface area contributed by atoms with Crippen molar-refractivity contribution in [2.24, 2.45) is 46.3 Å². The third kappa shape index (κ3) is 6.10. The molecule has 42 heavy (non-hydrogen) atoms. The number of fused-ring (bicyclic) bond motifs is 5. The zero-order valence-corrected chi connectivity index (χ0v) is 26.9. The molecule has 0 spiro atoms. The van der Waals surface area contributed by atoms with Gasteiger partial charge in [0.1, 0.15) is 6.10 Å². The van der Waals surface area contributed by atoms with Crippen LogP contribution in [0.5, 0.6) is 0 Å². The van der Waals surface area contributed by atoms with Gasteiger partial charge in [0.25, 0.3) is 0 Å². The Bertz CT molecular complexity index is 1160. The number of anilines is 1. The molecule has 0 radical (unpaired) electrons. The third-order valence-corrected chi connectivity index (χ3v) is 12.6. The Hall–Kier alpha value is -1.76. The molecular formula is C34H48Cl2N2O4. The van der Waals surface area contributed by atoms with Crippen molar-refractivity contribution in [3.05, 3.63) is 40.9 Å². The van der Waals surface area contributed by atoms with E-state index in [1.165, 1.54) is 12.8 Å². The Labute approximate surface area is 261 Å². The summed E-state index contributed by atoms with van der Waals surface area (Å²) >= 11 is 12.2. The van der Waals surface area contributed by atoms with Crippen LogP contribution in [0.2, 0.25) is 10.0 Å². The minimum Gasteiger partial charge on any atom is -0.446 e. The molecule has 0 aromatic heterocycles. The second kappa shape index (κ2) is 12.7. The Kier molecular flexibility index (Phi) is 9.57. The van der Waals surface area contributed by atoms with Gasteiger partial charge < -0.3 is 15.2 Å². The van der Waals surface area contributed by atoms with Gasteiger partial charge in [0.05, 0.1) is 6.10 Å². The smallest absolute Gasteiger partial charge is 0.411 e. The molecule has 1 aromatic carbocycles. The highest BCUT2D eigenvalue weighted by atomic mass is 35.5. The number of hydrogen-bond donors (Lipinski definition) is 3. The molecule has 5 rings (SSSR count). The SMILES string of the molecule is C=CCNC(=O)CC[C@@H](C)[C@H]1CC[C@H]2[C@@H]3CC[C@@H]4C[C@H](OC(=O)Nc5cc(Cl)cc(Cl)c5)CC[C@]4(C)[C@H]3C[C@H](O)[C@]12C. The number of hydrogen-bond acceptors (Lipinski definition) is 4. The summed E-state index contributed by atoms with van der Waals surface area (Å²) in [6.45, 7) is 11.3. The van der Waals surface area contributed by atoms with Gasteiger partial charge in [-0.15, -0.1) is 6.58 Å². The van der Waals surface area contributed by atoms with E-state index >= 15 is 0 Å². The number of ether oxygens (including phenoxy) is 1. The van der Waals surface area contributed by atoms with E-state index in [2.05, 4.69) is 38.0 Å². The molecule has 6 nitrogen and oxygen atoms in total. The van der Waals surface area contributed by atoms with Gasteiger partial charge in [0, 0.05) is 28.7 Å². The molecular weight excluding hydrogens is 571 g/mol. The number of halogens is 2. The van der Waals surface area contributed by atoms with Crippen LogP contribution in [-0.2, 0) is 9.53 Å². The average molecular weight is 620 g/mol. The molecule has 4 saturated carbocycles. The maximum Gasteiger partial charge on any atom is 0.411 e. The number of carbonyl (C=O) groups excluding carboxylic acids is 2. The summed E-state index contributed by atoms with van der Waals surface area (Å²) in [6, 6.07) is 4.94. The van der Waals surface area contributed by atoms with Gasteiger partial charge in [-0.1, -0.05) is 50.0 Å². The van der Waals surface area contributed by atoms with Crippen molar-refractivity contribution in [2.75, 3.05) is 11.9 Å². The number of aliphatic hydroxyl groups excluding tert-OH is 1. The summed E-state index contributed by atoms with van der Waals surface area (Å²) in [5, 5.41) is 18.5. The number of aliphatic hydroxyl groups is 1. The van der Waals surface area contributed by atoms with Crippen molar-refractivity contribution >= 4 is 40.9 Å². The molecule has 0 saturated heterocycles. The van der Waals surface area contributed by atoms with Crippen molar-refractivity contribution in [1.29, 1.82) is 0 Å². The highest BCUT2D eigenvalue weighted by Crippen LogP contribution is 2.68. The first kappa shape index (κ1) is 31.7. The van der Waals surface area contributed by atoms with E-state index in [-0.39, 0.29) is 28.9 Å². The topological polar surface area (TPSA) is 87.7 Å². The zero-order chi connectivity index (χ0) is 30.2. The molecule has 0 bridgehead atoms. The van der Waals surface area contributed by atoms with E-state index in [1.54, 1.807) is 24.3 Å². The first-order valence-electron chi connectivity index (χ1n) is 15.9. The van der Waals surface area contributed by atoms with Crippen LogP contribution in [0.4, 0.5) is 10.5 Å². The first-order valence-corrected chi connectivity index (χ1v) is 16.7. The Balaban J connectivity index is 1.21. The van der Waals surface area contributed by atoms with E-state index in [0.29, 0.717) is 64.2 Å². The summed E-state index contributed by atoms with van der Waals surface area (Å²) in [5.41, 5.74) is 0.580. The van der Waals surface area contributed by atoms with Crippen molar-refractivity contribution < 1.29 is 19.4 Å². The molecule has 10 atom stereocenters. The highest BCUT2D eigenvalue weighted by Gasteiger charge is 2.63. The van der Waals surface area contributed by atoms with Gasteiger partial charge in [0.15, 0.2) is 0 Å². The van der Waals surface area contributed by atoms with Crippen LogP contribution in [0.1, 0.15) is 85.0 Å². The van der Waals surface area contributed by atoms with E-state index in [1.807, 2.05) is 0 Å². The van der Waals surface area contributed by atoms with E-state index in [4.69, 9.17) is 27.9 Å². The number of amides is 2. The molecule has 232 valence electrons. The fourth-order valence-corrected chi connectivity index (χ4v) is 10.5. The second-order valence-corrected chi connectivity index (χ2v) is 15.0. The van der Waals surface area contributed by atoms with Gasteiger partial charge >= 0.3 is 6.09 Å². The predicted octanol–water partition coefficient (Wildman–Crippen LogP) is 8.26. The summed E-state index contributed by atoms with van der Waals surface area (Å²) in [5.74, 6) is 3.04. The first-order chi connectivity index (χ1) is 19.9. The van der Waals surface area contributed by atoms with Gasteiger partial charge in [-0.3, -0.25) is 10.1 Å². The largest absolute Gasteiger partial charge is 0.446 e. The van der Waals surface area contributed by atoms with Crippen LogP contribution in [0.25, 0.3) is 0 Å². The second-order valence-electron chi connectivity index (χ2n) is 14.2. The summed E-state index contributed by atoms with van der Waals surface area (Å²) in [6.07, 6.45) is 10.4. The van der Waals surface area contributed by atoms with Crippen molar-refractivity contribution in [3.8, 4) is 0 Å². The quantitative estimate of drug-likeness (QED) is 0.256. The monoisotopic (exact) mass is 618 g/mol. The lowest BCUT2D eigenvalue weighted by Crippen LogP contribution is -2.59. The van der Waals surface area contributed by atoms with Crippen LogP contribution >= 0.6 is 23.2 Å². The molecule has 0 unspecified atom stereocenters. The molecule has 1 aromatic rings. The number of benzene rings is 1. The highest BCUT2D eigenvalue weighted by molar-refractivity contribution is 6.35. The Morgan fingerprint density at radius 1 is 1.10 bits per heavy atom. The molecule has 0 heterocycles. The minimum atomic E-state index is -0.469. The number of carbonyl (C=O) groups is 2. The van der Waals surface area contributed by atoms with E-state index in [0.717, 1.165) is 44.9 Å². The predicted molar refractivity (Wildman–Crippen MR) is 169 cm³/mol. The lowest BCUT2D eigenvalue weighted by molar-refractivity contribution is -0.174. The Morgan fingerprint density at radius 3 is 2.55 bits per heavy atom. The fourth-order valence-electron chi connectivity index (χ4n) is 10.0. The molecule has 2 amide bonds. The molecule has 4 aliphatic rings. The lowest BCUT2D eigenvalue weighted by atomic mass is 9.43. The van der Waals surface area contributed by atoms with Gasteiger partial charge in [-0.2, -0.15) is 0 Å². The molecule has 4 aliphatic carbocycles. The molecule has 3 N–H and O–H groups in total. The average Bonchev–Trinajstić information content (AvgIpc) is 3.29. The van der Waals surface area contributed by atoms with E-state index in [9.17, 15) is 14.7 Å². The van der Waals surface area contributed by atoms with Crippen LogP contribution in [-0.4, -0.2) is 35.9 Å². The Morgan fingerprint density at radius 2 is 1.83 bits per heavy atom. The van der Waals surface area contributed by atoms with Crippen LogP contribution < -0.4 is 10.6 Å². The normalized spacial score (nSPS) is 37.9. The molecule has 8 heteroatoms. The maximum absolute atomic E-state index is 12.7. The molecule has 4 fully saturated rings. The molecule has 0 aliphatic heterocycles. The number of nitrogens with one attached hydrogen (secondary N) is 2. The fraction of sp³-hybridized carbons (Fsp3) is 0.706. The van der Waals surface area contributed by atoms with Gasteiger partial charge in [-0.25, -0.2) is 4.79 Å². The number of rotatable bonds is 8. The van der Waals surface area contributed by atoms with Crippen LogP contribution in [0.15, 0.2) is 30.9 Å². The van der Waals surface area contributed by atoms with Crippen LogP contribution in [0, 0.1) is 46.3 Å². The van der Waals surface area contributed by atoms with Crippen molar-refractivity contribution in [3.63, 3.8) is 0 Å².